The Balaban J connectivity index is 2.26. The minimum atomic E-state index is -0.549. The molecule has 2 rings (SSSR count). The average molecular weight is 220 g/mol. The van der Waals surface area contributed by atoms with Crippen molar-refractivity contribution in [3.05, 3.63) is 24.2 Å². The SMILES string of the molecule is CCCC(C)(N)c1nc(-c2ccc[nH]2)no1. The first-order chi connectivity index (χ1) is 7.63. The quantitative estimate of drug-likeness (QED) is 0.826. The van der Waals surface area contributed by atoms with Crippen LogP contribution in [0.4, 0.5) is 0 Å². The number of hydrogen-bond donors (Lipinski definition) is 2. The molecule has 5 heteroatoms. The summed E-state index contributed by atoms with van der Waals surface area (Å²) in [4.78, 5) is 7.33. The standard InChI is InChI=1S/C11H16N4O/c1-3-6-11(2,12)10-14-9(15-16-10)8-5-4-7-13-8/h4-5,7,13H,3,6,12H2,1-2H3. The van der Waals surface area contributed by atoms with Gasteiger partial charge in [-0.25, -0.2) is 0 Å². The zero-order valence-corrected chi connectivity index (χ0v) is 9.53. The topological polar surface area (TPSA) is 80.7 Å². The Bertz CT molecular complexity index is 444. The summed E-state index contributed by atoms with van der Waals surface area (Å²) in [7, 11) is 0. The number of hydrogen-bond acceptors (Lipinski definition) is 4. The largest absolute Gasteiger partial charge is 0.359 e. The molecule has 1 unspecified atom stereocenters. The van der Waals surface area contributed by atoms with Crippen LogP contribution >= 0.6 is 0 Å². The molecular weight excluding hydrogens is 204 g/mol. The zero-order chi connectivity index (χ0) is 11.6. The summed E-state index contributed by atoms with van der Waals surface area (Å²) in [5.41, 5.74) is 6.40. The Morgan fingerprint density at radius 2 is 2.38 bits per heavy atom. The third-order valence-corrected chi connectivity index (χ3v) is 2.52. The fourth-order valence-electron chi connectivity index (χ4n) is 1.66. The molecule has 86 valence electrons. The monoisotopic (exact) mass is 220 g/mol. The summed E-state index contributed by atoms with van der Waals surface area (Å²) in [5, 5.41) is 3.91. The van der Waals surface area contributed by atoms with E-state index in [2.05, 4.69) is 22.0 Å². The van der Waals surface area contributed by atoms with Gasteiger partial charge in [0.1, 0.15) is 0 Å². The summed E-state index contributed by atoms with van der Waals surface area (Å²) in [6.07, 6.45) is 3.62. The Labute approximate surface area is 94.0 Å². The minimum absolute atomic E-state index is 0.485. The van der Waals surface area contributed by atoms with E-state index < -0.39 is 5.54 Å². The van der Waals surface area contributed by atoms with Crippen LogP contribution in [0, 0.1) is 0 Å². The van der Waals surface area contributed by atoms with Crippen molar-refractivity contribution in [2.45, 2.75) is 32.2 Å². The smallest absolute Gasteiger partial charge is 0.246 e. The van der Waals surface area contributed by atoms with E-state index in [0.29, 0.717) is 11.7 Å². The summed E-state index contributed by atoms with van der Waals surface area (Å²) in [5.74, 6) is 1.03. The summed E-state index contributed by atoms with van der Waals surface area (Å²) < 4.78 is 5.20. The van der Waals surface area contributed by atoms with E-state index >= 15 is 0 Å². The van der Waals surface area contributed by atoms with Crippen LogP contribution in [-0.2, 0) is 5.54 Å². The Hall–Kier alpha value is -1.62. The van der Waals surface area contributed by atoms with Crippen molar-refractivity contribution in [3.63, 3.8) is 0 Å². The van der Waals surface area contributed by atoms with Crippen molar-refractivity contribution < 1.29 is 4.52 Å². The van der Waals surface area contributed by atoms with E-state index in [1.807, 2.05) is 25.3 Å². The van der Waals surface area contributed by atoms with Gasteiger partial charge in [-0.05, 0) is 25.5 Å². The third-order valence-electron chi connectivity index (χ3n) is 2.52. The highest BCUT2D eigenvalue weighted by Crippen LogP contribution is 2.23. The van der Waals surface area contributed by atoms with E-state index in [9.17, 15) is 0 Å². The minimum Gasteiger partial charge on any atom is -0.359 e. The van der Waals surface area contributed by atoms with Crippen molar-refractivity contribution in [1.82, 2.24) is 15.1 Å². The maximum Gasteiger partial charge on any atom is 0.246 e. The van der Waals surface area contributed by atoms with Gasteiger partial charge in [-0.3, -0.25) is 0 Å². The van der Waals surface area contributed by atoms with Gasteiger partial charge in [0.05, 0.1) is 11.2 Å². The lowest BCUT2D eigenvalue weighted by Crippen LogP contribution is -2.33. The molecule has 0 fully saturated rings. The first-order valence-corrected chi connectivity index (χ1v) is 5.40. The average Bonchev–Trinajstić information content (AvgIpc) is 2.89. The highest BCUT2D eigenvalue weighted by atomic mass is 16.5. The van der Waals surface area contributed by atoms with E-state index in [-0.39, 0.29) is 0 Å². The van der Waals surface area contributed by atoms with Gasteiger partial charge in [0.15, 0.2) is 0 Å². The lowest BCUT2D eigenvalue weighted by molar-refractivity contribution is 0.284. The Kier molecular flexibility index (Phi) is 2.78. The van der Waals surface area contributed by atoms with Crippen LogP contribution < -0.4 is 5.73 Å². The molecule has 0 amide bonds. The molecule has 0 aliphatic carbocycles. The van der Waals surface area contributed by atoms with Crippen LogP contribution in [-0.4, -0.2) is 15.1 Å². The molecule has 16 heavy (non-hydrogen) atoms. The van der Waals surface area contributed by atoms with Gasteiger partial charge in [-0.2, -0.15) is 4.98 Å². The maximum atomic E-state index is 6.11. The van der Waals surface area contributed by atoms with Crippen molar-refractivity contribution in [1.29, 1.82) is 0 Å². The van der Waals surface area contributed by atoms with Gasteiger partial charge < -0.3 is 15.2 Å². The number of nitrogens with zero attached hydrogens (tertiary/aromatic N) is 2. The molecule has 0 saturated carbocycles. The molecule has 0 aromatic carbocycles. The van der Waals surface area contributed by atoms with E-state index in [0.717, 1.165) is 18.5 Å². The summed E-state index contributed by atoms with van der Waals surface area (Å²) in [6, 6.07) is 3.78. The first-order valence-electron chi connectivity index (χ1n) is 5.40. The number of nitrogens with two attached hydrogens (primary N) is 1. The fourth-order valence-corrected chi connectivity index (χ4v) is 1.66. The number of rotatable bonds is 4. The van der Waals surface area contributed by atoms with Crippen LogP contribution in [0.3, 0.4) is 0 Å². The zero-order valence-electron chi connectivity index (χ0n) is 9.53. The van der Waals surface area contributed by atoms with E-state index in [1.54, 1.807) is 0 Å². The van der Waals surface area contributed by atoms with Crippen molar-refractivity contribution in [2.24, 2.45) is 5.73 Å². The second kappa shape index (κ2) is 4.09. The molecule has 2 aromatic heterocycles. The first kappa shape index (κ1) is 10.9. The third kappa shape index (κ3) is 1.99. The lowest BCUT2D eigenvalue weighted by Gasteiger charge is -2.18. The van der Waals surface area contributed by atoms with Crippen molar-refractivity contribution >= 4 is 0 Å². The van der Waals surface area contributed by atoms with Crippen molar-refractivity contribution in [2.75, 3.05) is 0 Å². The Morgan fingerprint density at radius 3 is 3.00 bits per heavy atom. The molecule has 0 radical (unpaired) electrons. The fraction of sp³-hybridized carbons (Fsp3) is 0.455. The normalized spacial score (nSPS) is 14.9. The number of H-pyrrole nitrogens is 1. The molecule has 0 bridgehead atoms. The van der Waals surface area contributed by atoms with E-state index in [1.165, 1.54) is 0 Å². The highest BCUT2D eigenvalue weighted by molar-refractivity contribution is 5.47. The highest BCUT2D eigenvalue weighted by Gasteiger charge is 2.27. The number of aromatic nitrogens is 3. The van der Waals surface area contributed by atoms with Gasteiger partial charge in [-0.15, -0.1) is 0 Å². The van der Waals surface area contributed by atoms with Gasteiger partial charge in [0, 0.05) is 6.20 Å². The van der Waals surface area contributed by atoms with Crippen LogP contribution in [0.1, 0.15) is 32.6 Å². The van der Waals surface area contributed by atoms with Crippen LogP contribution in [0.5, 0.6) is 0 Å². The van der Waals surface area contributed by atoms with Crippen LogP contribution in [0.15, 0.2) is 22.9 Å². The second-order valence-electron chi connectivity index (χ2n) is 4.17. The van der Waals surface area contributed by atoms with Gasteiger partial charge in [0.25, 0.3) is 0 Å². The van der Waals surface area contributed by atoms with E-state index in [4.69, 9.17) is 10.3 Å². The summed E-state index contributed by atoms with van der Waals surface area (Å²) in [6.45, 7) is 3.98. The molecule has 2 aromatic rings. The van der Waals surface area contributed by atoms with Gasteiger partial charge in [-0.1, -0.05) is 18.5 Å². The number of nitrogens with one attached hydrogen (secondary N) is 1. The van der Waals surface area contributed by atoms with Crippen LogP contribution in [0.25, 0.3) is 11.5 Å². The summed E-state index contributed by atoms with van der Waals surface area (Å²) >= 11 is 0. The predicted molar refractivity (Wildman–Crippen MR) is 60.5 cm³/mol. The number of aromatic amines is 1. The van der Waals surface area contributed by atoms with Gasteiger partial charge in [0.2, 0.25) is 11.7 Å². The second-order valence-corrected chi connectivity index (χ2v) is 4.17. The van der Waals surface area contributed by atoms with Crippen molar-refractivity contribution in [3.8, 4) is 11.5 Å². The molecule has 0 saturated heterocycles. The molecule has 0 spiro atoms. The molecule has 3 N–H and O–H groups in total. The molecule has 1 atom stereocenters. The molecule has 0 aliphatic heterocycles. The predicted octanol–water partition coefficient (Wildman–Crippen LogP) is 2.04. The van der Waals surface area contributed by atoms with Crippen LogP contribution in [0.2, 0.25) is 0 Å². The van der Waals surface area contributed by atoms with Gasteiger partial charge >= 0.3 is 0 Å². The Morgan fingerprint density at radius 1 is 1.56 bits per heavy atom. The molecule has 2 heterocycles. The lowest BCUT2D eigenvalue weighted by atomic mass is 9.98. The molecule has 5 nitrogen and oxygen atoms in total. The molecule has 0 aliphatic rings. The molecular formula is C11H16N4O. The maximum absolute atomic E-state index is 6.11.